The second-order valence-electron chi connectivity index (χ2n) is 2.55. The molecule has 0 unspecified atom stereocenters. The number of hydrogen-bond acceptors (Lipinski definition) is 4. The highest BCUT2D eigenvalue weighted by molar-refractivity contribution is 5.73. The van der Waals surface area contributed by atoms with E-state index in [1.807, 2.05) is 0 Å². The van der Waals surface area contributed by atoms with Gasteiger partial charge in [0.2, 0.25) is 5.91 Å². The molecule has 7 nitrogen and oxygen atoms in total. The van der Waals surface area contributed by atoms with E-state index < -0.39 is 22.1 Å². The molecule has 0 fully saturated rings. The van der Waals surface area contributed by atoms with Crippen molar-refractivity contribution in [3.05, 3.63) is 38.8 Å². The fraction of sp³-hybridized carbons (Fsp3) is 0.143. The van der Waals surface area contributed by atoms with Crippen molar-refractivity contribution >= 4 is 11.6 Å². The molecule has 1 aromatic rings. The van der Waals surface area contributed by atoms with Crippen LogP contribution in [0.15, 0.2) is 23.1 Å². The molecule has 0 aromatic carbocycles. The van der Waals surface area contributed by atoms with Gasteiger partial charge in [0.15, 0.2) is 0 Å². The lowest BCUT2D eigenvalue weighted by Crippen LogP contribution is -2.28. The Labute approximate surface area is 77.9 Å². The second kappa shape index (κ2) is 3.69. The van der Waals surface area contributed by atoms with E-state index in [-0.39, 0.29) is 6.54 Å². The van der Waals surface area contributed by atoms with Crippen LogP contribution in [0.4, 0.5) is 5.69 Å². The number of nitrogens with two attached hydrogens (primary N) is 1. The summed E-state index contributed by atoms with van der Waals surface area (Å²) < 4.78 is 0.889. The van der Waals surface area contributed by atoms with Crippen LogP contribution in [0.2, 0.25) is 0 Å². The maximum atomic E-state index is 11.3. The summed E-state index contributed by atoms with van der Waals surface area (Å²) in [6, 6.07) is 2.38. The molecule has 0 aliphatic carbocycles. The molecular weight excluding hydrogens is 190 g/mol. The summed E-state index contributed by atoms with van der Waals surface area (Å²) in [6.07, 6.45) is 1.26. The smallest absolute Gasteiger partial charge is 0.334 e. The number of carbonyl (C=O) groups excluding carboxylic acids is 1. The van der Waals surface area contributed by atoms with Crippen LogP contribution < -0.4 is 11.3 Å². The Balaban J connectivity index is 3.21. The average molecular weight is 197 g/mol. The Morgan fingerprint density at radius 2 is 2.29 bits per heavy atom. The van der Waals surface area contributed by atoms with E-state index in [0.29, 0.717) is 0 Å². The molecule has 0 saturated heterocycles. The standard InChI is InChI=1S/C7H7N3O4/c8-6(11)4-9-3-1-2-5(7(9)12)10(13)14/h1-3H,4H2,(H2,8,11). The Bertz CT molecular complexity index is 437. The van der Waals surface area contributed by atoms with E-state index in [9.17, 15) is 19.7 Å². The Kier molecular flexibility index (Phi) is 2.61. The van der Waals surface area contributed by atoms with E-state index in [1.165, 1.54) is 12.3 Å². The SMILES string of the molecule is NC(=O)Cn1cccc([N+](=O)[O-])c1=O. The molecule has 1 rings (SSSR count). The van der Waals surface area contributed by atoms with Crippen molar-refractivity contribution in [1.82, 2.24) is 4.57 Å². The van der Waals surface area contributed by atoms with E-state index >= 15 is 0 Å². The molecule has 0 saturated carbocycles. The van der Waals surface area contributed by atoms with Crippen LogP contribution >= 0.6 is 0 Å². The largest absolute Gasteiger partial charge is 0.368 e. The third kappa shape index (κ3) is 1.94. The van der Waals surface area contributed by atoms with Crippen LogP contribution in [0.5, 0.6) is 0 Å². The highest BCUT2D eigenvalue weighted by Crippen LogP contribution is 2.01. The third-order valence-electron chi connectivity index (χ3n) is 1.52. The molecule has 0 radical (unpaired) electrons. The summed E-state index contributed by atoms with van der Waals surface area (Å²) in [7, 11) is 0. The zero-order chi connectivity index (χ0) is 10.7. The van der Waals surface area contributed by atoms with Gasteiger partial charge in [-0.3, -0.25) is 19.7 Å². The lowest BCUT2D eigenvalue weighted by Gasteiger charge is -2.00. The lowest BCUT2D eigenvalue weighted by molar-refractivity contribution is -0.386. The molecule has 1 heterocycles. The van der Waals surface area contributed by atoms with Crippen molar-refractivity contribution in [3.63, 3.8) is 0 Å². The molecule has 0 spiro atoms. The summed E-state index contributed by atoms with van der Waals surface area (Å²) >= 11 is 0. The summed E-state index contributed by atoms with van der Waals surface area (Å²) in [6.45, 7) is -0.361. The number of pyridine rings is 1. The van der Waals surface area contributed by atoms with Gasteiger partial charge in [-0.2, -0.15) is 0 Å². The van der Waals surface area contributed by atoms with Gasteiger partial charge in [-0.15, -0.1) is 0 Å². The zero-order valence-corrected chi connectivity index (χ0v) is 7.04. The number of carbonyl (C=O) groups is 1. The predicted octanol–water partition coefficient (Wildman–Crippen LogP) is -0.758. The Hall–Kier alpha value is -2.18. The van der Waals surface area contributed by atoms with Crippen LogP contribution in [0.3, 0.4) is 0 Å². The number of aromatic nitrogens is 1. The van der Waals surface area contributed by atoms with Crippen LogP contribution in [0.1, 0.15) is 0 Å². The van der Waals surface area contributed by atoms with E-state index in [2.05, 4.69) is 0 Å². The van der Waals surface area contributed by atoms with Crippen molar-refractivity contribution in [2.75, 3.05) is 0 Å². The minimum Gasteiger partial charge on any atom is -0.368 e. The fourth-order valence-electron chi connectivity index (χ4n) is 0.956. The van der Waals surface area contributed by atoms with Crippen molar-refractivity contribution in [1.29, 1.82) is 0 Å². The number of nitrogens with zero attached hydrogens (tertiary/aromatic N) is 2. The second-order valence-corrected chi connectivity index (χ2v) is 2.55. The van der Waals surface area contributed by atoms with E-state index in [0.717, 1.165) is 10.6 Å². The summed E-state index contributed by atoms with van der Waals surface area (Å²) in [5.41, 5.74) is 3.44. The van der Waals surface area contributed by atoms with Gasteiger partial charge in [-0.25, -0.2) is 0 Å². The van der Waals surface area contributed by atoms with Crippen molar-refractivity contribution in [3.8, 4) is 0 Å². The summed E-state index contributed by atoms with van der Waals surface area (Å²) in [5.74, 6) is -0.729. The lowest BCUT2D eigenvalue weighted by atomic mass is 10.4. The number of primary amides is 1. The minimum atomic E-state index is -0.837. The fourth-order valence-corrected chi connectivity index (χ4v) is 0.956. The van der Waals surface area contributed by atoms with Gasteiger partial charge in [-0.1, -0.05) is 0 Å². The van der Waals surface area contributed by atoms with E-state index in [1.54, 1.807) is 0 Å². The van der Waals surface area contributed by atoms with Gasteiger partial charge < -0.3 is 10.3 Å². The summed E-state index contributed by atoms with van der Waals surface area (Å²) in [5, 5.41) is 10.3. The minimum absolute atomic E-state index is 0.361. The highest BCUT2D eigenvalue weighted by atomic mass is 16.6. The topological polar surface area (TPSA) is 108 Å². The molecule has 0 atom stereocenters. The molecule has 7 heteroatoms. The van der Waals surface area contributed by atoms with Crippen LogP contribution in [0.25, 0.3) is 0 Å². The van der Waals surface area contributed by atoms with E-state index in [4.69, 9.17) is 5.73 Å². The average Bonchev–Trinajstić information content (AvgIpc) is 2.07. The molecular formula is C7H7N3O4. The zero-order valence-electron chi connectivity index (χ0n) is 7.04. The van der Waals surface area contributed by atoms with Gasteiger partial charge in [0, 0.05) is 12.3 Å². The molecule has 74 valence electrons. The maximum Gasteiger partial charge on any atom is 0.334 e. The number of rotatable bonds is 3. The molecule has 2 N–H and O–H groups in total. The monoisotopic (exact) mass is 197 g/mol. The quantitative estimate of drug-likeness (QED) is 0.507. The van der Waals surface area contributed by atoms with Crippen LogP contribution in [-0.2, 0) is 11.3 Å². The molecule has 1 amide bonds. The van der Waals surface area contributed by atoms with Gasteiger partial charge in [0.1, 0.15) is 6.54 Å². The van der Waals surface area contributed by atoms with Crippen LogP contribution in [-0.4, -0.2) is 15.4 Å². The Morgan fingerprint density at radius 1 is 1.64 bits per heavy atom. The highest BCUT2D eigenvalue weighted by Gasteiger charge is 2.13. The van der Waals surface area contributed by atoms with Gasteiger partial charge in [0.05, 0.1) is 4.92 Å². The molecule has 14 heavy (non-hydrogen) atoms. The van der Waals surface area contributed by atoms with Crippen LogP contribution in [0, 0.1) is 10.1 Å². The summed E-state index contributed by atoms with van der Waals surface area (Å²) in [4.78, 5) is 31.3. The van der Waals surface area contributed by atoms with Gasteiger partial charge >= 0.3 is 11.2 Å². The number of hydrogen-bond donors (Lipinski definition) is 1. The van der Waals surface area contributed by atoms with Crippen molar-refractivity contribution < 1.29 is 9.72 Å². The third-order valence-corrected chi connectivity index (χ3v) is 1.52. The van der Waals surface area contributed by atoms with Crippen molar-refractivity contribution in [2.24, 2.45) is 5.73 Å². The Morgan fingerprint density at radius 3 is 2.79 bits per heavy atom. The van der Waals surface area contributed by atoms with Crippen molar-refractivity contribution in [2.45, 2.75) is 6.54 Å². The molecule has 1 aromatic heterocycles. The predicted molar refractivity (Wildman–Crippen MR) is 46.6 cm³/mol. The molecule has 0 aliphatic heterocycles. The van der Waals surface area contributed by atoms with Gasteiger partial charge in [-0.05, 0) is 6.07 Å². The maximum absolute atomic E-state index is 11.3. The first-order valence-electron chi connectivity index (χ1n) is 3.64. The number of nitro groups is 1. The normalized spacial score (nSPS) is 9.71. The molecule has 0 bridgehead atoms. The molecule has 0 aliphatic rings. The first-order chi connectivity index (χ1) is 6.52. The first-order valence-corrected chi connectivity index (χ1v) is 3.64. The first kappa shape index (κ1) is 9.90. The number of amides is 1. The van der Waals surface area contributed by atoms with Gasteiger partial charge in [0.25, 0.3) is 0 Å².